The third-order valence-corrected chi connectivity index (χ3v) is 8.19. The highest BCUT2D eigenvalue weighted by Gasteiger charge is 2.52. The summed E-state index contributed by atoms with van der Waals surface area (Å²) in [5.74, 6) is -2.00. The fourth-order valence-electron chi connectivity index (χ4n) is 5.40. The lowest BCUT2D eigenvalue weighted by molar-refractivity contribution is -0.338. The van der Waals surface area contributed by atoms with Gasteiger partial charge in [0.2, 0.25) is 17.7 Å². The summed E-state index contributed by atoms with van der Waals surface area (Å²) in [5.41, 5.74) is 0. The monoisotopic (exact) mass is 677 g/mol. The predicted molar refractivity (Wildman–Crippen MR) is 166 cm³/mol. The van der Waals surface area contributed by atoms with Crippen molar-refractivity contribution in [1.29, 1.82) is 0 Å². The molecule has 2 saturated heterocycles. The number of aliphatic hydroxyl groups excluding tert-OH is 4. The number of amides is 3. The molecule has 0 aromatic heterocycles. The van der Waals surface area contributed by atoms with Gasteiger partial charge >= 0.3 is 5.97 Å². The minimum absolute atomic E-state index is 0.0183. The molecule has 2 aliphatic rings. The summed E-state index contributed by atoms with van der Waals surface area (Å²) in [6.45, 7) is 5.79. The zero-order valence-corrected chi connectivity index (χ0v) is 27.7. The third kappa shape index (κ3) is 13.9. The molecule has 0 saturated carbocycles. The number of hydrogen-bond donors (Lipinski definition) is 8. The molecule has 0 aromatic carbocycles. The van der Waals surface area contributed by atoms with Crippen LogP contribution in [-0.4, -0.2) is 130 Å². The number of aliphatic hydroxyl groups is 4. The maximum Gasteiger partial charge on any atom is 0.335 e. The molecule has 0 bridgehead atoms. The molecular formula is C31H55N3O13. The summed E-state index contributed by atoms with van der Waals surface area (Å²) in [5, 5.41) is 60.0. The van der Waals surface area contributed by atoms with Crippen molar-refractivity contribution in [3.63, 3.8) is 0 Å². The highest BCUT2D eigenvalue weighted by molar-refractivity contribution is 5.76. The Labute approximate surface area is 275 Å². The first-order chi connectivity index (χ1) is 22.4. The second-order valence-corrected chi connectivity index (χ2v) is 12.1. The van der Waals surface area contributed by atoms with Crippen molar-refractivity contribution in [3.05, 3.63) is 0 Å². The van der Waals surface area contributed by atoms with Gasteiger partial charge < -0.3 is 60.4 Å². The summed E-state index contributed by atoms with van der Waals surface area (Å²) in [6.07, 6.45) is -5.11. The van der Waals surface area contributed by atoms with E-state index in [4.69, 9.17) is 18.9 Å². The van der Waals surface area contributed by atoms with E-state index in [1.165, 1.54) is 13.8 Å². The van der Waals surface area contributed by atoms with Gasteiger partial charge in [0.15, 0.2) is 18.7 Å². The van der Waals surface area contributed by atoms with Gasteiger partial charge in [-0.2, -0.15) is 0 Å². The molecule has 0 aliphatic carbocycles. The van der Waals surface area contributed by atoms with Crippen LogP contribution >= 0.6 is 0 Å². The van der Waals surface area contributed by atoms with Crippen LogP contribution in [0.3, 0.4) is 0 Å². The van der Waals surface area contributed by atoms with Crippen LogP contribution in [0.1, 0.15) is 91.4 Å². The first-order valence-corrected chi connectivity index (χ1v) is 16.7. The van der Waals surface area contributed by atoms with Crippen LogP contribution in [0.4, 0.5) is 0 Å². The molecule has 272 valence electrons. The Morgan fingerprint density at radius 3 is 1.94 bits per heavy atom. The Bertz CT molecular complexity index is 973. The van der Waals surface area contributed by atoms with E-state index in [2.05, 4.69) is 16.0 Å². The molecule has 0 radical (unpaired) electrons. The van der Waals surface area contributed by atoms with Gasteiger partial charge in [-0.25, -0.2) is 4.79 Å². The number of ether oxygens (including phenoxy) is 4. The average molecular weight is 678 g/mol. The molecule has 16 heteroatoms. The molecule has 8 N–H and O–H groups in total. The van der Waals surface area contributed by atoms with E-state index in [1.54, 1.807) is 0 Å². The van der Waals surface area contributed by atoms with Crippen molar-refractivity contribution in [1.82, 2.24) is 16.0 Å². The molecule has 0 aromatic rings. The third-order valence-electron chi connectivity index (χ3n) is 8.19. The van der Waals surface area contributed by atoms with Crippen LogP contribution in [0.5, 0.6) is 0 Å². The zero-order chi connectivity index (χ0) is 34.9. The number of aliphatic carboxylic acids is 1. The van der Waals surface area contributed by atoms with Crippen LogP contribution < -0.4 is 16.0 Å². The van der Waals surface area contributed by atoms with Gasteiger partial charge in [0.25, 0.3) is 0 Å². The standard InChI is InChI=1S/C31H55N3O13/c1-4-20(36)32-15-11-7-5-6-10-14-21(37)33-16-12-8-9-13-17-44-31-26(41)25(40)27(28(47-31)29(42)43)46-30-22(34-19(3)35)24(39)23(38)18(2)45-30/h18,22-28,30-31,38-41H,4-17H2,1-3H3,(H,32,36)(H,33,37)(H,34,35)(H,42,43). The molecule has 16 nitrogen and oxygen atoms in total. The molecule has 2 aliphatic heterocycles. The minimum Gasteiger partial charge on any atom is -0.479 e. The lowest BCUT2D eigenvalue weighted by Crippen LogP contribution is -2.67. The Hall–Kier alpha value is -2.44. The Balaban J connectivity index is 1.66. The largest absolute Gasteiger partial charge is 0.479 e. The normalized spacial score (nSPS) is 30.8. The Morgan fingerprint density at radius 1 is 0.723 bits per heavy atom. The van der Waals surface area contributed by atoms with Crippen molar-refractivity contribution in [3.8, 4) is 0 Å². The summed E-state index contributed by atoms with van der Waals surface area (Å²) in [6, 6.07) is -1.30. The molecule has 47 heavy (non-hydrogen) atoms. The summed E-state index contributed by atoms with van der Waals surface area (Å²) in [4.78, 5) is 46.9. The van der Waals surface area contributed by atoms with Gasteiger partial charge in [0.1, 0.15) is 36.6 Å². The molecule has 2 heterocycles. The molecule has 3 amide bonds. The zero-order valence-electron chi connectivity index (χ0n) is 27.7. The summed E-state index contributed by atoms with van der Waals surface area (Å²) < 4.78 is 22.2. The van der Waals surface area contributed by atoms with Gasteiger partial charge in [-0.15, -0.1) is 0 Å². The summed E-state index contributed by atoms with van der Waals surface area (Å²) in [7, 11) is 0. The quantitative estimate of drug-likeness (QED) is 0.0711. The van der Waals surface area contributed by atoms with Crippen molar-refractivity contribution >= 4 is 23.7 Å². The molecular weight excluding hydrogens is 622 g/mol. The fraction of sp³-hybridized carbons (Fsp3) is 0.871. The first kappa shape index (κ1) is 40.7. The SMILES string of the molecule is CCC(=O)NCCCCCCCC(=O)NCCCCCCOC1OC(C(=O)O)C(OC2OC(C)C(O)C(O)C2NC(C)=O)C(O)C1O. The van der Waals surface area contributed by atoms with E-state index in [0.29, 0.717) is 32.4 Å². The van der Waals surface area contributed by atoms with E-state index in [1.807, 2.05) is 6.92 Å². The van der Waals surface area contributed by atoms with E-state index < -0.39 is 73.2 Å². The minimum atomic E-state index is -1.79. The van der Waals surface area contributed by atoms with Crippen molar-refractivity contribution in [2.75, 3.05) is 19.7 Å². The van der Waals surface area contributed by atoms with Crippen LogP contribution in [0.2, 0.25) is 0 Å². The number of carbonyl (C=O) groups is 4. The Kier molecular flexibility index (Phi) is 18.6. The first-order valence-electron chi connectivity index (χ1n) is 16.7. The van der Waals surface area contributed by atoms with Crippen molar-refractivity contribution < 1.29 is 63.7 Å². The second kappa shape index (κ2) is 21.5. The fourth-order valence-corrected chi connectivity index (χ4v) is 5.40. The molecule has 0 spiro atoms. The Morgan fingerprint density at radius 2 is 1.32 bits per heavy atom. The number of hydrogen-bond acceptors (Lipinski definition) is 12. The van der Waals surface area contributed by atoms with E-state index in [0.717, 1.165) is 51.4 Å². The molecule has 2 rings (SSSR count). The number of nitrogens with one attached hydrogen (secondary N) is 3. The number of carbonyl (C=O) groups excluding carboxylic acids is 3. The van der Waals surface area contributed by atoms with Gasteiger partial charge in [-0.3, -0.25) is 14.4 Å². The van der Waals surface area contributed by atoms with Crippen LogP contribution in [0.25, 0.3) is 0 Å². The van der Waals surface area contributed by atoms with E-state index in [-0.39, 0.29) is 18.4 Å². The molecule has 10 atom stereocenters. The highest BCUT2D eigenvalue weighted by atomic mass is 16.7. The van der Waals surface area contributed by atoms with Gasteiger partial charge in [0.05, 0.1) is 6.10 Å². The maximum absolute atomic E-state index is 12.0. The maximum atomic E-state index is 12.0. The smallest absolute Gasteiger partial charge is 0.335 e. The van der Waals surface area contributed by atoms with Crippen LogP contribution in [0, 0.1) is 0 Å². The topological polar surface area (TPSA) is 242 Å². The lowest BCUT2D eigenvalue weighted by Gasteiger charge is -2.46. The van der Waals surface area contributed by atoms with Gasteiger partial charge in [0, 0.05) is 39.5 Å². The highest BCUT2D eigenvalue weighted by Crippen LogP contribution is 2.30. The van der Waals surface area contributed by atoms with E-state index >= 15 is 0 Å². The average Bonchev–Trinajstić information content (AvgIpc) is 3.03. The summed E-state index contributed by atoms with van der Waals surface area (Å²) >= 11 is 0. The second-order valence-electron chi connectivity index (χ2n) is 12.1. The van der Waals surface area contributed by atoms with Crippen LogP contribution in [0.15, 0.2) is 0 Å². The van der Waals surface area contributed by atoms with Crippen LogP contribution in [-0.2, 0) is 38.1 Å². The molecule has 10 unspecified atom stereocenters. The number of unbranched alkanes of at least 4 members (excludes halogenated alkanes) is 7. The van der Waals surface area contributed by atoms with E-state index in [9.17, 15) is 44.7 Å². The number of rotatable bonds is 21. The van der Waals surface area contributed by atoms with Crippen molar-refractivity contribution in [2.24, 2.45) is 0 Å². The van der Waals surface area contributed by atoms with Gasteiger partial charge in [-0.1, -0.05) is 39.0 Å². The predicted octanol–water partition coefficient (Wildman–Crippen LogP) is -0.566. The number of carboxylic acids is 1. The number of carboxylic acid groups (broad SMARTS) is 1. The molecule has 2 fully saturated rings. The van der Waals surface area contributed by atoms with Gasteiger partial charge in [-0.05, 0) is 32.6 Å². The lowest BCUT2D eigenvalue weighted by atomic mass is 9.95. The van der Waals surface area contributed by atoms with Crippen molar-refractivity contribution in [2.45, 2.75) is 153 Å².